The Morgan fingerprint density at radius 3 is 2.71 bits per heavy atom. The number of fused-ring (bicyclic) bond motifs is 3. The normalized spacial score (nSPS) is 25.8. The summed E-state index contributed by atoms with van der Waals surface area (Å²) in [7, 11) is 1.52. The van der Waals surface area contributed by atoms with E-state index in [4.69, 9.17) is 18.9 Å². The lowest BCUT2D eigenvalue weighted by molar-refractivity contribution is -0.141. The summed E-state index contributed by atoms with van der Waals surface area (Å²) in [4.78, 5) is 43.2. The summed E-state index contributed by atoms with van der Waals surface area (Å²) in [5.41, 5.74) is 3.15. The van der Waals surface area contributed by atoms with Gasteiger partial charge in [0.25, 0.3) is 0 Å². The average molecular weight is 699 g/mol. The number of hydrogen-bond acceptors (Lipinski definition) is 10. The van der Waals surface area contributed by atoms with Gasteiger partial charge in [-0.2, -0.15) is 0 Å². The first-order valence-electron chi connectivity index (χ1n) is 18.0. The first-order chi connectivity index (χ1) is 24.6. The number of ether oxygens (including phenoxy) is 4. The summed E-state index contributed by atoms with van der Waals surface area (Å²) in [6, 6.07) is 8.16. The third-order valence-corrected chi connectivity index (χ3v) is 11.4. The van der Waals surface area contributed by atoms with Crippen molar-refractivity contribution in [3.63, 3.8) is 0 Å². The fourth-order valence-corrected chi connectivity index (χ4v) is 8.60. The first kappa shape index (κ1) is 35.0. The molecule has 0 spiro atoms. The topological polar surface area (TPSA) is 156 Å². The van der Waals surface area contributed by atoms with Crippen LogP contribution in [-0.2, 0) is 32.1 Å². The van der Waals surface area contributed by atoms with Gasteiger partial charge in [-0.05, 0) is 87.6 Å². The molecule has 1 saturated heterocycles. The minimum absolute atomic E-state index is 0.00458. The predicted octanol–water partition coefficient (Wildman–Crippen LogP) is 5.20. The molecule has 1 aliphatic carbocycles. The number of methoxy groups -OCH3 is 1. The lowest BCUT2D eigenvalue weighted by Gasteiger charge is -2.41. The highest BCUT2D eigenvalue weighted by Gasteiger charge is 2.49. The highest BCUT2D eigenvalue weighted by molar-refractivity contribution is 6.11. The molecule has 51 heavy (non-hydrogen) atoms. The molecule has 2 aromatic carbocycles. The predicted molar refractivity (Wildman–Crippen MR) is 190 cm³/mol. The Labute approximate surface area is 297 Å². The molecule has 1 aromatic heterocycles. The molecule has 0 bridgehead atoms. The van der Waals surface area contributed by atoms with Crippen molar-refractivity contribution in [1.29, 1.82) is 0 Å². The number of aromatic amines is 1. The van der Waals surface area contributed by atoms with E-state index in [0.717, 1.165) is 47.8 Å². The number of hydrogen-bond donors (Lipinski definition) is 4. The van der Waals surface area contributed by atoms with Crippen LogP contribution >= 0.6 is 0 Å². The summed E-state index contributed by atoms with van der Waals surface area (Å²) in [6.45, 7) is 5.93. The van der Waals surface area contributed by atoms with E-state index in [1.165, 1.54) is 7.11 Å². The van der Waals surface area contributed by atoms with E-state index in [1.807, 2.05) is 37.4 Å². The fraction of sp³-hybridized carbons (Fsp3) is 0.475. The van der Waals surface area contributed by atoms with E-state index < -0.39 is 30.2 Å². The molecule has 3 aliphatic heterocycles. The zero-order chi connectivity index (χ0) is 36.0. The number of allylic oxidation sites excluding steroid dienone is 3. The summed E-state index contributed by atoms with van der Waals surface area (Å²) >= 11 is 0. The van der Waals surface area contributed by atoms with Gasteiger partial charge in [-0.3, -0.25) is 9.59 Å². The van der Waals surface area contributed by atoms with Gasteiger partial charge in [-0.25, -0.2) is 4.79 Å². The summed E-state index contributed by atoms with van der Waals surface area (Å²) in [6.07, 6.45) is 5.48. The molecule has 4 aliphatic rings. The number of benzene rings is 2. The van der Waals surface area contributed by atoms with Crippen LogP contribution < -0.4 is 19.5 Å². The summed E-state index contributed by atoms with van der Waals surface area (Å²) in [5, 5.41) is 27.5. The maximum absolute atomic E-state index is 13.5. The van der Waals surface area contributed by atoms with E-state index in [2.05, 4.69) is 17.2 Å². The van der Waals surface area contributed by atoms with Crippen LogP contribution in [-0.4, -0.2) is 71.2 Å². The van der Waals surface area contributed by atoms with Crippen molar-refractivity contribution in [2.75, 3.05) is 20.3 Å². The van der Waals surface area contributed by atoms with Gasteiger partial charge in [-0.1, -0.05) is 18.6 Å². The number of aldehydes is 1. The van der Waals surface area contributed by atoms with E-state index in [-0.39, 0.29) is 53.8 Å². The van der Waals surface area contributed by atoms with Gasteiger partial charge in [0.15, 0.2) is 6.29 Å². The quantitative estimate of drug-likeness (QED) is 0.173. The number of H-pyrrole nitrogens is 1. The number of rotatable bonds is 9. The van der Waals surface area contributed by atoms with Crippen LogP contribution in [0.15, 0.2) is 47.4 Å². The molecule has 11 heteroatoms. The van der Waals surface area contributed by atoms with Crippen LogP contribution in [0.5, 0.6) is 17.2 Å². The number of aliphatic hydroxyl groups is 2. The molecule has 7 rings (SSSR count). The molecular weight excluding hydrogens is 652 g/mol. The van der Waals surface area contributed by atoms with E-state index in [9.17, 15) is 24.6 Å². The Bertz CT molecular complexity index is 1950. The second-order valence-corrected chi connectivity index (χ2v) is 14.2. The highest BCUT2D eigenvalue weighted by Crippen LogP contribution is 2.57. The molecule has 4 heterocycles. The van der Waals surface area contributed by atoms with Gasteiger partial charge in [0.2, 0.25) is 5.76 Å². The molecule has 11 nitrogen and oxygen atoms in total. The molecule has 1 saturated carbocycles. The number of aromatic nitrogens is 1. The lowest BCUT2D eigenvalue weighted by atomic mass is 9.74. The van der Waals surface area contributed by atoms with Crippen LogP contribution in [0.25, 0.3) is 16.5 Å². The molecule has 5 atom stereocenters. The molecule has 5 unspecified atom stereocenters. The monoisotopic (exact) mass is 698 g/mol. The minimum Gasteiger partial charge on any atom is -0.496 e. The Morgan fingerprint density at radius 1 is 1.16 bits per heavy atom. The maximum Gasteiger partial charge on any atom is 0.375 e. The van der Waals surface area contributed by atoms with E-state index >= 15 is 0 Å². The van der Waals surface area contributed by atoms with Crippen LogP contribution in [0.1, 0.15) is 87.5 Å². The number of esters is 1. The van der Waals surface area contributed by atoms with Crippen molar-refractivity contribution < 1.29 is 43.5 Å². The molecule has 0 radical (unpaired) electrons. The molecule has 2 fully saturated rings. The minimum atomic E-state index is -1.21. The zero-order valence-electron chi connectivity index (χ0n) is 29.6. The number of carbonyl (C=O) groups excluding carboxylic acids is 3. The van der Waals surface area contributed by atoms with Crippen LogP contribution in [0.2, 0.25) is 0 Å². The number of piperidine rings is 1. The summed E-state index contributed by atoms with van der Waals surface area (Å²) in [5.74, 6) is -0.729. The second kappa shape index (κ2) is 13.9. The van der Waals surface area contributed by atoms with Crippen LogP contribution in [0, 0.1) is 5.92 Å². The van der Waals surface area contributed by atoms with Crippen LogP contribution in [0.3, 0.4) is 0 Å². The molecule has 270 valence electrons. The van der Waals surface area contributed by atoms with E-state index in [1.54, 1.807) is 6.92 Å². The van der Waals surface area contributed by atoms with Crippen molar-refractivity contribution in [1.82, 2.24) is 10.3 Å². The number of Topliss-reactive ketones (excluding diaryl/α,β-unsaturated/α-hetero) is 1. The lowest BCUT2D eigenvalue weighted by Crippen LogP contribution is -2.53. The van der Waals surface area contributed by atoms with Gasteiger partial charge < -0.3 is 39.5 Å². The number of aliphatic hydroxyl groups excluding tert-OH is 1. The largest absolute Gasteiger partial charge is 0.496 e. The fourth-order valence-electron chi connectivity index (χ4n) is 8.60. The Hall–Kier alpha value is -4.45. The van der Waals surface area contributed by atoms with Crippen molar-refractivity contribution >= 4 is 34.5 Å². The molecule has 3 aromatic rings. The second-order valence-electron chi connectivity index (χ2n) is 14.2. The first-order valence-corrected chi connectivity index (χ1v) is 18.0. The number of ketones is 1. The highest BCUT2D eigenvalue weighted by atomic mass is 16.6. The van der Waals surface area contributed by atoms with Gasteiger partial charge in [0.05, 0.1) is 37.0 Å². The van der Waals surface area contributed by atoms with Gasteiger partial charge in [-0.15, -0.1) is 0 Å². The maximum atomic E-state index is 13.5. The Kier molecular flexibility index (Phi) is 9.56. The Balaban J connectivity index is 1.39. The third-order valence-electron chi connectivity index (χ3n) is 11.4. The molecule has 0 amide bonds. The van der Waals surface area contributed by atoms with Crippen molar-refractivity contribution in [2.24, 2.45) is 5.92 Å². The summed E-state index contributed by atoms with van der Waals surface area (Å²) < 4.78 is 24.3. The Morgan fingerprint density at radius 2 is 1.98 bits per heavy atom. The SMILES string of the molecule is CCOC(=O)C1=C(C=O)C(=C2CCC(=O)C(c3ccc4[nH]ccc4c3)C2)c2c(OC)c3c(c(CO)c2O1)OC(C(C)(O)C1CCNC(CC)C1)C3. The van der Waals surface area contributed by atoms with Crippen molar-refractivity contribution in [3.05, 3.63) is 69.6 Å². The van der Waals surface area contributed by atoms with Crippen molar-refractivity contribution in [2.45, 2.75) is 96.0 Å². The van der Waals surface area contributed by atoms with E-state index in [0.29, 0.717) is 53.4 Å². The van der Waals surface area contributed by atoms with Crippen molar-refractivity contribution in [3.8, 4) is 17.2 Å². The molecule has 4 N–H and O–H groups in total. The third kappa shape index (κ3) is 5.94. The van der Waals surface area contributed by atoms with Gasteiger partial charge >= 0.3 is 5.97 Å². The average Bonchev–Trinajstić information content (AvgIpc) is 3.81. The van der Waals surface area contributed by atoms with Gasteiger partial charge in [0, 0.05) is 47.7 Å². The molecular formula is C40H46N2O9. The van der Waals surface area contributed by atoms with Crippen LogP contribution in [0.4, 0.5) is 0 Å². The zero-order valence-corrected chi connectivity index (χ0v) is 29.6. The van der Waals surface area contributed by atoms with Gasteiger partial charge in [0.1, 0.15) is 34.7 Å². The number of carbonyl (C=O) groups is 3. The smallest absolute Gasteiger partial charge is 0.375 e. The standard InChI is InChI=1S/C40H46N2O9/c1-5-25-17-24(12-14-41-25)40(3,47)32-18-27-35(50-32)29(20-44)37-34(36(27)48-4)33(28(19-43)38(51-37)39(46)49-6-2)23-8-10-31(45)26(16-23)21-7-9-30-22(15-21)11-13-42-30/h7,9,11,13,15,19,24-26,32,41-42,44,47H,5-6,8,10,12,14,16-18,20H2,1-4H3. The number of nitrogens with one attached hydrogen (secondary N) is 2.